The highest BCUT2D eigenvalue weighted by atomic mass is 33.1. The summed E-state index contributed by atoms with van der Waals surface area (Å²) in [5, 5.41) is 24.2. The van der Waals surface area contributed by atoms with Crippen molar-refractivity contribution >= 4 is 39.5 Å². The molecule has 0 aliphatic carbocycles. The van der Waals surface area contributed by atoms with Crippen LogP contribution in [0.5, 0.6) is 0 Å². The predicted molar refractivity (Wildman–Crippen MR) is 97.5 cm³/mol. The zero-order chi connectivity index (χ0) is 21.5. The highest BCUT2D eigenvalue weighted by Crippen LogP contribution is 2.24. The van der Waals surface area contributed by atoms with Crippen molar-refractivity contribution in [3.8, 4) is 0 Å². The maximum atomic E-state index is 10.6. The Labute approximate surface area is 162 Å². The second kappa shape index (κ2) is 15.8. The standard InChI is InChI=1S/C12H24N2O4S2.C2HF3O2/c13-9(1-3-11(15)16)5-7-19-20-8-6-10(14)2-4-12(17)18;3-2(4,5)1(6)7/h9-10H,1-8,13-14H2,(H,15,16)(H,17,18);(H,6,7). The molecule has 13 heteroatoms. The molecular weight excluding hydrogens is 413 g/mol. The van der Waals surface area contributed by atoms with E-state index in [0.29, 0.717) is 12.8 Å². The van der Waals surface area contributed by atoms with Gasteiger partial charge in [-0.2, -0.15) is 13.2 Å². The fraction of sp³-hybridized carbons (Fsp3) is 0.786. The average Bonchev–Trinajstić information content (AvgIpc) is 2.53. The summed E-state index contributed by atoms with van der Waals surface area (Å²) in [6.45, 7) is 0. The van der Waals surface area contributed by atoms with Gasteiger partial charge in [-0.05, 0) is 25.7 Å². The zero-order valence-electron chi connectivity index (χ0n) is 14.5. The van der Waals surface area contributed by atoms with Gasteiger partial charge in [0.25, 0.3) is 0 Å². The average molecular weight is 438 g/mol. The molecular formula is C14H25F3N2O6S2. The molecule has 0 heterocycles. The summed E-state index contributed by atoms with van der Waals surface area (Å²) in [6, 6.07) is -0.117. The van der Waals surface area contributed by atoms with E-state index in [1.165, 1.54) is 0 Å². The number of aliphatic carboxylic acids is 3. The normalized spacial score (nSPS) is 13.2. The molecule has 27 heavy (non-hydrogen) atoms. The SMILES string of the molecule is NC(CCSSCCC(N)CCC(=O)O)CCC(=O)O.O=C(O)C(F)(F)F. The molecule has 0 saturated carbocycles. The summed E-state index contributed by atoms with van der Waals surface area (Å²) < 4.78 is 31.7. The van der Waals surface area contributed by atoms with Crippen LogP contribution in [0.25, 0.3) is 0 Å². The lowest BCUT2D eigenvalue weighted by Gasteiger charge is -2.11. The van der Waals surface area contributed by atoms with Crippen LogP contribution in [0.3, 0.4) is 0 Å². The topological polar surface area (TPSA) is 164 Å². The van der Waals surface area contributed by atoms with E-state index in [2.05, 4.69) is 0 Å². The van der Waals surface area contributed by atoms with Crippen molar-refractivity contribution in [3.63, 3.8) is 0 Å². The Bertz CT molecular complexity index is 427. The van der Waals surface area contributed by atoms with Gasteiger partial charge in [-0.3, -0.25) is 9.59 Å². The first-order valence-electron chi connectivity index (χ1n) is 7.85. The molecule has 160 valence electrons. The van der Waals surface area contributed by atoms with E-state index >= 15 is 0 Å². The van der Waals surface area contributed by atoms with Crippen molar-refractivity contribution in [1.82, 2.24) is 0 Å². The van der Waals surface area contributed by atoms with Gasteiger partial charge >= 0.3 is 24.1 Å². The minimum atomic E-state index is -5.08. The Balaban J connectivity index is 0. The summed E-state index contributed by atoms with van der Waals surface area (Å²) in [4.78, 5) is 29.6. The third-order valence-electron chi connectivity index (χ3n) is 2.93. The van der Waals surface area contributed by atoms with Crippen molar-refractivity contribution in [2.24, 2.45) is 11.5 Å². The first kappa shape index (κ1) is 28.0. The molecule has 0 radical (unpaired) electrons. The van der Waals surface area contributed by atoms with Crippen LogP contribution >= 0.6 is 21.6 Å². The number of carbonyl (C=O) groups is 3. The second-order valence-corrected chi connectivity index (χ2v) is 8.11. The minimum absolute atomic E-state index is 0.0583. The van der Waals surface area contributed by atoms with Gasteiger partial charge in [0.15, 0.2) is 0 Å². The van der Waals surface area contributed by atoms with Crippen molar-refractivity contribution in [1.29, 1.82) is 0 Å². The Morgan fingerprint density at radius 2 is 1.07 bits per heavy atom. The lowest BCUT2D eigenvalue weighted by atomic mass is 10.1. The van der Waals surface area contributed by atoms with Crippen LogP contribution in [0.15, 0.2) is 0 Å². The lowest BCUT2D eigenvalue weighted by molar-refractivity contribution is -0.192. The van der Waals surface area contributed by atoms with Gasteiger partial charge in [-0.25, -0.2) is 4.79 Å². The van der Waals surface area contributed by atoms with Crippen LogP contribution in [0.4, 0.5) is 13.2 Å². The van der Waals surface area contributed by atoms with Gasteiger partial charge in [0, 0.05) is 36.4 Å². The zero-order valence-corrected chi connectivity index (χ0v) is 16.1. The molecule has 0 fully saturated rings. The number of hydrogen-bond donors (Lipinski definition) is 5. The number of nitrogens with two attached hydrogens (primary N) is 2. The fourth-order valence-corrected chi connectivity index (χ4v) is 3.74. The van der Waals surface area contributed by atoms with E-state index in [1.54, 1.807) is 21.6 Å². The molecule has 0 aromatic rings. The lowest BCUT2D eigenvalue weighted by Crippen LogP contribution is -2.22. The first-order valence-corrected chi connectivity index (χ1v) is 10.3. The Morgan fingerprint density at radius 1 is 0.778 bits per heavy atom. The van der Waals surface area contributed by atoms with Gasteiger partial charge < -0.3 is 26.8 Å². The molecule has 0 aliphatic rings. The fourth-order valence-electron chi connectivity index (χ4n) is 1.42. The number of halogens is 3. The molecule has 0 spiro atoms. The Hall–Kier alpha value is -1.18. The molecule has 0 amide bonds. The highest BCUT2D eigenvalue weighted by Gasteiger charge is 2.38. The van der Waals surface area contributed by atoms with E-state index in [1.807, 2.05) is 0 Å². The molecule has 2 unspecified atom stereocenters. The number of rotatable bonds is 13. The molecule has 8 nitrogen and oxygen atoms in total. The summed E-state index contributed by atoms with van der Waals surface area (Å²) in [6.07, 6.45) is -2.21. The van der Waals surface area contributed by atoms with Crippen molar-refractivity contribution < 1.29 is 42.9 Å². The van der Waals surface area contributed by atoms with Crippen LogP contribution in [0.1, 0.15) is 38.5 Å². The smallest absolute Gasteiger partial charge is 0.481 e. The Kier molecular flexibility index (Phi) is 16.4. The molecule has 0 aliphatic heterocycles. The molecule has 0 saturated heterocycles. The second-order valence-electron chi connectivity index (χ2n) is 5.41. The van der Waals surface area contributed by atoms with Crippen LogP contribution in [0.2, 0.25) is 0 Å². The monoisotopic (exact) mass is 438 g/mol. The van der Waals surface area contributed by atoms with E-state index in [0.717, 1.165) is 24.3 Å². The maximum absolute atomic E-state index is 10.6. The van der Waals surface area contributed by atoms with Crippen molar-refractivity contribution in [2.45, 2.75) is 56.8 Å². The van der Waals surface area contributed by atoms with Crippen molar-refractivity contribution in [2.75, 3.05) is 11.5 Å². The van der Waals surface area contributed by atoms with E-state index < -0.39 is 24.1 Å². The van der Waals surface area contributed by atoms with E-state index in [9.17, 15) is 22.8 Å². The maximum Gasteiger partial charge on any atom is 0.490 e. The summed E-state index contributed by atoms with van der Waals surface area (Å²) >= 11 is 0. The van der Waals surface area contributed by atoms with E-state index in [-0.39, 0.29) is 24.9 Å². The number of carboxylic acid groups (broad SMARTS) is 3. The quantitative estimate of drug-likeness (QED) is 0.213. The van der Waals surface area contributed by atoms with Crippen LogP contribution in [-0.2, 0) is 14.4 Å². The predicted octanol–water partition coefficient (Wildman–Crippen LogP) is 2.17. The molecule has 7 N–H and O–H groups in total. The third kappa shape index (κ3) is 22.8. The minimum Gasteiger partial charge on any atom is -0.481 e. The van der Waals surface area contributed by atoms with E-state index in [4.69, 9.17) is 31.6 Å². The summed E-state index contributed by atoms with van der Waals surface area (Å²) in [5.41, 5.74) is 11.6. The molecule has 2 atom stereocenters. The van der Waals surface area contributed by atoms with Gasteiger partial charge in [0.05, 0.1) is 0 Å². The van der Waals surface area contributed by atoms with Gasteiger partial charge in [0.2, 0.25) is 0 Å². The van der Waals surface area contributed by atoms with Gasteiger partial charge in [-0.15, -0.1) is 0 Å². The van der Waals surface area contributed by atoms with Crippen molar-refractivity contribution in [3.05, 3.63) is 0 Å². The Morgan fingerprint density at radius 3 is 1.30 bits per heavy atom. The van der Waals surface area contributed by atoms with Crippen LogP contribution < -0.4 is 11.5 Å². The summed E-state index contributed by atoms with van der Waals surface area (Å²) in [7, 11) is 3.40. The van der Waals surface area contributed by atoms with Crippen LogP contribution in [-0.4, -0.2) is 63.0 Å². The molecule has 0 aromatic heterocycles. The third-order valence-corrected chi connectivity index (χ3v) is 5.40. The number of alkyl halides is 3. The van der Waals surface area contributed by atoms with Gasteiger partial charge in [0.1, 0.15) is 0 Å². The largest absolute Gasteiger partial charge is 0.490 e. The highest BCUT2D eigenvalue weighted by molar-refractivity contribution is 8.76. The van der Waals surface area contributed by atoms with Crippen LogP contribution in [0, 0.1) is 0 Å². The first-order chi connectivity index (χ1) is 12.4. The molecule has 0 rings (SSSR count). The molecule has 0 aromatic carbocycles. The number of carboxylic acids is 3. The molecule has 0 bridgehead atoms. The number of hydrogen-bond acceptors (Lipinski definition) is 7. The van der Waals surface area contributed by atoms with Gasteiger partial charge in [-0.1, -0.05) is 21.6 Å². The summed E-state index contributed by atoms with van der Waals surface area (Å²) in [5.74, 6) is -2.60.